The Labute approximate surface area is 114 Å². The lowest BCUT2D eigenvalue weighted by Crippen LogP contribution is -2.10. The van der Waals surface area contributed by atoms with Gasteiger partial charge in [0.1, 0.15) is 17.7 Å². The van der Waals surface area contributed by atoms with E-state index in [9.17, 15) is 4.79 Å². The van der Waals surface area contributed by atoms with Crippen LogP contribution in [-0.4, -0.2) is 35.6 Å². The van der Waals surface area contributed by atoms with Crippen molar-refractivity contribution in [2.24, 2.45) is 5.10 Å². The molecule has 0 spiro atoms. The number of anilines is 1. The average molecular weight is 275 g/mol. The highest BCUT2D eigenvalue weighted by molar-refractivity contribution is 5.84. The fourth-order valence-electron chi connectivity index (χ4n) is 1.47. The van der Waals surface area contributed by atoms with Crippen molar-refractivity contribution in [3.8, 4) is 11.5 Å². The van der Waals surface area contributed by atoms with Gasteiger partial charge in [-0.25, -0.2) is 5.43 Å². The molecule has 20 heavy (non-hydrogen) atoms. The molecule has 0 unspecified atom stereocenters. The van der Waals surface area contributed by atoms with Gasteiger partial charge >= 0.3 is 0 Å². The van der Waals surface area contributed by atoms with E-state index in [1.807, 2.05) is 0 Å². The van der Waals surface area contributed by atoms with E-state index in [1.54, 1.807) is 32.4 Å². The predicted molar refractivity (Wildman–Crippen MR) is 73.4 cm³/mol. The molecule has 0 saturated carbocycles. The van der Waals surface area contributed by atoms with Crippen LogP contribution >= 0.6 is 0 Å². The highest BCUT2D eigenvalue weighted by atomic mass is 16.5. The molecule has 2 aromatic rings. The SMILES string of the molecule is COc1ccc(OC)c(/C=N\Nc2nncc(=O)[nH]2)c1. The van der Waals surface area contributed by atoms with Gasteiger partial charge < -0.3 is 9.47 Å². The Morgan fingerprint density at radius 2 is 2.20 bits per heavy atom. The summed E-state index contributed by atoms with van der Waals surface area (Å²) >= 11 is 0. The summed E-state index contributed by atoms with van der Waals surface area (Å²) in [6.07, 6.45) is 2.59. The number of H-pyrrole nitrogens is 1. The maximum atomic E-state index is 11.0. The Morgan fingerprint density at radius 3 is 2.90 bits per heavy atom. The fourth-order valence-corrected chi connectivity index (χ4v) is 1.47. The molecule has 104 valence electrons. The second-order valence-corrected chi connectivity index (χ2v) is 3.66. The minimum absolute atomic E-state index is 0.149. The van der Waals surface area contributed by atoms with Crippen molar-refractivity contribution < 1.29 is 9.47 Å². The number of methoxy groups -OCH3 is 2. The van der Waals surface area contributed by atoms with Gasteiger partial charge in [-0.3, -0.25) is 9.78 Å². The molecular weight excluding hydrogens is 262 g/mol. The Kier molecular flexibility index (Phi) is 4.28. The molecule has 0 aliphatic heterocycles. The largest absolute Gasteiger partial charge is 0.497 e. The first-order chi connectivity index (χ1) is 9.72. The number of nitrogens with one attached hydrogen (secondary N) is 2. The van der Waals surface area contributed by atoms with E-state index in [-0.39, 0.29) is 11.5 Å². The molecule has 0 saturated heterocycles. The standard InChI is InChI=1S/C12H13N5O3/c1-19-9-3-4-10(20-2)8(5-9)6-13-16-12-15-11(18)7-14-17-12/h3-7H,1-2H3,(H2,15,16,17,18)/b13-6-. The number of rotatable bonds is 5. The van der Waals surface area contributed by atoms with Crippen LogP contribution < -0.4 is 20.5 Å². The Morgan fingerprint density at radius 1 is 1.35 bits per heavy atom. The van der Waals surface area contributed by atoms with E-state index >= 15 is 0 Å². The van der Waals surface area contributed by atoms with Crippen LogP contribution in [0.5, 0.6) is 11.5 Å². The molecule has 0 atom stereocenters. The number of nitrogens with zero attached hydrogens (tertiary/aromatic N) is 3. The molecule has 0 aliphatic carbocycles. The summed E-state index contributed by atoms with van der Waals surface area (Å²) in [5.74, 6) is 1.47. The Bertz CT molecular complexity index is 668. The van der Waals surface area contributed by atoms with Crippen LogP contribution in [-0.2, 0) is 0 Å². The van der Waals surface area contributed by atoms with Gasteiger partial charge in [0.05, 0.1) is 20.4 Å². The van der Waals surface area contributed by atoms with Gasteiger partial charge in [-0.15, -0.1) is 10.2 Å². The lowest BCUT2D eigenvalue weighted by molar-refractivity contribution is 0.402. The van der Waals surface area contributed by atoms with E-state index in [4.69, 9.17) is 9.47 Å². The van der Waals surface area contributed by atoms with Crippen LogP contribution in [0.3, 0.4) is 0 Å². The summed E-state index contributed by atoms with van der Waals surface area (Å²) in [7, 11) is 3.14. The highest BCUT2D eigenvalue weighted by Crippen LogP contribution is 2.22. The molecule has 1 aromatic heterocycles. The zero-order valence-corrected chi connectivity index (χ0v) is 11.0. The van der Waals surface area contributed by atoms with E-state index in [2.05, 4.69) is 25.7 Å². The van der Waals surface area contributed by atoms with Crippen molar-refractivity contribution >= 4 is 12.2 Å². The van der Waals surface area contributed by atoms with E-state index in [1.165, 1.54) is 6.21 Å². The van der Waals surface area contributed by atoms with Crippen LogP contribution in [0.25, 0.3) is 0 Å². The summed E-state index contributed by atoms with van der Waals surface area (Å²) in [6.45, 7) is 0. The van der Waals surface area contributed by atoms with Gasteiger partial charge in [-0.2, -0.15) is 5.10 Å². The monoisotopic (exact) mass is 275 g/mol. The summed E-state index contributed by atoms with van der Waals surface area (Å²) in [5, 5.41) is 11.1. The van der Waals surface area contributed by atoms with Crippen molar-refractivity contribution in [2.45, 2.75) is 0 Å². The lowest BCUT2D eigenvalue weighted by Gasteiger charge is -2.06. The molecule has 0 aliphatic rings. The number of aromatic amines is 1. The van der Waals surface area contributed by atoms with Crippen molar-refractivity contribution in [3.63, 3.8) is 0 Å². The molecule has 0 bridgehead atoms. The zero-order valence-electron chi connectivity index (χ0n) is 11.0. The lowest BCUT2D eigenvalue weighted by atomic mass is 10.2. The summed E-state index contributed by atoms with van der Waals surface area (Å²) < 4.78 is 10.3. The molecule has 8 nitrogen and oxygen atoms in total. The molecule has 0 fully saturated rings. The number of ether oxygens (including phenoxy) is 2. The smallest absolute Gasteiger partial charge is 0.271 e. The van der Waals surface area contributed by atoms with Gasteiger partial charge in [0.25, 0.3) is 5.56 Å². The first-order valence-electron chi connectivity index (χ1n) is 5.66. The topological polar surface area (TPSA) is 101 Å². The summed E-state index contributed by atoms with van der Waals surface area (Å²) in [6, 6.07) is 5.32. The molecule has 1 heterocycles. The zero-order chi connectivity index (χ0) is 14.4. The van der Waals surface area contributed by atoms with Gasteiger partial charge in [0.2, 0.25) is 5.95 Å². The van der Waals surface area contributed by atoms with Crippen LogP contribution in [0.4, 0.5) is 5.95 Å². The van der Waals surface area contributed by atoms with Crippen LogP contribution in [0, 0.1) is 0 Å². The van der Waals surface area contributed by atoms with Crippen molar-refractivity contribution in [3.05, 3.63) is 40.3 Å². The second-order valence-electron chi connectivity index (χ2n) is 3.66. The normalized spacial score (nSPS) is 10.5. The van der Waals surface area contributed by atoms with Crippen molar-refractivity contribution in [1.29, 1.82) is 0 Å². The summed E-state index contributed by atoms with van der Waals surface area (Å²) in [4.78, 5) is 13.5. The molecule has 1 aromatic carbocycles. The molecule has 8 heteroatoms. The van der Waals surface area contributed by atoms with Gasteiger partial charge in [-0.05, 0) is 18.2 Å². The number of benzene rings is 1. The van der Waals surface area contributed by atoms with E-state index in [0.29, 0.717) is 17.1 Å². The van der Waals surface area contributed by atoms with Gasteiger partial charge in [0.15, 0.2) is 0 Å². The number of aromatic nitrogens is 3. The quantitative estimate of drug-likeness (QED) is 0.613. The maximum Gasteiger partial charge on any atom is 0.271 e. The van der Waals surface area contributed by atoms with Gasteiger partial charge in [0, 0.05) is 5.56 Å². The molecule has 2 rings (SSSR count). The third-order valence-corrected chi connectivity index (χ3v) is 2.39. The third kappa shape index (κ3) is 3.31. The first-order valence-corrected chi connectivity index (χ1v) is 5.66. The van der Waals surface area contributed by atoms with Crippen molar-refractivity contribution in [2.75, 3.05) is 19.6 Å². The summed E-state index contributed by atoms with van der Waals surface area (Å²) in [5.41, 5.74) is 2.92. The third-order valence-electron chi connectivity index (χ3n) is 2.39. The van der Waals surface area contributed by atoms with E-state index in [0.717, 1.165) is 6.20 Å². The highest BCUT2D eigenvalue weighted by Gasteiger charge is 2.02. The predicted octanol–water partition coefficient (Wildman–Crippen LogP) is 0.628. The minimum atomic E-state index is -0.364. The maximum absolute atomic E-state index is 11.0. The average Bonchev–Trinajstić information content (AvgIpc) is 2.47. The fraction of sp³-hybridized carbons (Fsp3) is 0.167. The first kappa shape index (κ1) is 13.5. The van der Waals surface area contributed by atoms with Crippen LogP contribution in [0.1, 0.15) is 5.56 Å². The molecule has 0 radical (unpaired) electrons. The minimum Gasteiger partial charge on any atom is -0.497 e. The van der Waals surface area contributed by atoms with Crippen LogP contribution in [0.2, 0.25) is 0 Å². The molecular formula is C12H13N5O3. The Hall–Kier alpha value is -2.90. The van der Waals surface area contributed by atoms with Crippen LogP contribution in [0.15, 0.2) is 34.3 Å². The van der Waals surface area contributed by atoms with E-state index < -0.39 is 0 Å². The number of hydrazone groups is 1. The number of hydrogen-bond donors (Lipinski definition) is 2. The molecule has 0 amide bonds. The number of hydrogen-bond acceptors (Lipinski definition) is 7. The van der Waals surface area contributed by atoms with Crippen molar-refractivity contribution in [1.82, 2.24) is 15.2 Å². The second kappa shape index (κ2) is 6.32. The molecule has 2 N–H and O–H groups in total. The van der Waals surface area contributed by atoms with Gasteiger partial charge in [-0.1, -0.05) is 0 Å². The Balaban J connectivity index is 2.16.